The first-order valence-corrected chi connectivity index (χ1v) is 7.94. The molecule has 0 aliphatic rings. The van der Waals surface area contributed by atoms with Gasteiger partial charge in [-0.2, -0.15) is 0 Å². The highest BCUT2D eigenvalue weighted by Crippen LogP contribution is 2.34. The van der Waals surface area contributed by atoms with Crippen molar-refractivity contribution < 1.29 is 0 Å². The molecule has 1 aromatic carbocycles. The van der Waals surface area contributed by atoms with Gasteiger partial charge in [0.1, 0.15) is 0 Å². The Balaban J connectivity index is 2.15. The van der Waals surface area contributed by atoms with Crippen LogP contribution < -0.4 is 5.32 Å². The Morgan fingerprint density at radius 2 is 2.33 bits per heavy atom. The number of nitrogens with zero attached hydrogens (tertiary/aromatic N) is 1. The van der Waals surface area contributed by atoms with E-state index >= 15 is 0 Å². The number of rotatable bonds is 6. The first kappa shape index (κ1) is 13.9. The average molecular weight is 299 g/mol. The standard InChI is InChI=1S/C13H15ClN2S2/c1-2-6-15-9-10-11(14)4-3-5-12(10)18-13-16-7-8-17-13/h3-5,7-8,15H,2,6,9H2,1H3. The second-order valence-corrected chi connectivity index (χ2v) is 6.38. The highest BCUT2D eigenvalue weighted by Gasteiger charge is 2.09. The Labute approximate surface area is 121 Å². The Hall–Kier alpha value is -0.550. The SMILES string of the molecule is CCCNCc1c(Cl)cccc1Sc1nccs1. The molecule has 2 nitrogen and oxygen atoms in total. The molecule has 0 amide bonds. The van der Waals surface area contributed by atoms with Crippen LogP contribution in [0, 0.1) is 0 Å². The highest BCUT2D eigenvalue weighted by molar-refractivity contribution is 8.01. The van der Waals surface area contributed by atoms with Gasteiger partial charge in [-0.25, -0.2) is 4.98 Å². The van der Waals surface area contributed by atoms with Crippen LogP contribution in [0.1, 0.15) is 18.9 Å². The van der Waals surface area contributed by atoms with E-state index in [0.29, 0.717) is 0 Å². The summed E-state index contributed by atoms with van der Waals surface area (Å²) in [7, 11) is 0. The van der Waals surface area contributed by atoms with Crippen molar-refractivity contribution in [3.05, 3.63) is 40.4 Å². The van der Waals surface area contributed by atoms with Crippen molar-refractivity contribution in [2.24, 2.45) is 0 Å². The fourth-order valence-electron chi connectivity index (χ4n) is 1.55. The van der Waals surface area contributed by atoms with Crippen molar-refractivity contribution in [2.75, 3.05) is 6.54 Å². The molecule has 1 aromatic heterocycles. The fraction of sp³-hybridized carbons (Fsp3) is 0.308. The predicted octanol–water partition coefficient (Wildman–Crippen LogP) is 4.45. The predicted molar refractivity (Wildman–Crippen MR) is 79.7 cm³/mol. The van der Waals surface area contributed by atoms with E-state index in [-0.39, 0.29) is 0 Å². The summed E-state index contributed by atoms with van der Waals surface area (Å²) < 4.78 is 1.05. The van der Waals surface area contributed by atoms with Gasteiger partial charge in [0.25, 0.3) is 0 Å². The van der Waals surface area contributed by atoms with E-state index in [4.69, 9.17) is 11.6 Å². The second-order valence-electron chi connectivity index (χ2n) is 3.79. The van der Waals surface area contributed by atoms with Gasteiger partial charge in [-0.3, -0.25) is 0 Å². The number of hydrogen-bond acceptors (Lipinski definition) is 4. The third kappa shape index (κ3) is 3.72. The van der Waals surface area contributed by atoms with E-state index in [1.807, 2.05) is 23.7 Å². The first-order valence-electron chi connectivity index (χ1n) is 5.86. The molecule has 5 heteroatoms. The molecule has 0 unspecified atom stereocenters. The lowest BCUT2D eigenvalue weighted by molar-refractivity contribution is 0.669. The number of halogens is 1. The zero-order valence-corrected chi connectivity index (χ0v) is 12.5. The molecule has 0 spiro atoms. The zero-order valence-electron chi connectivity index (χ0n) is 10.1. The molecule has 2 aromatic rings. The molecular formula is C13H15ClN2S2. The van der Waals surface area contributed by atoms with Gasteiger partial charge in [0.2, 0.25) is 0 Å². The summed E-state index contributed by atoms with van der Waals surface area (Å²) in [6, 6.07) is 6.03. The van der Waals surface area contributed by atoms with Crippen LogP contribution in [0.2, 0.25) is 5.02 Å². The van der Waals surface area contributed by atoms with Crippen molar-refractivity contribution in [1.29, 1.82) is 0 Å². The van der Waals surface area contributed by atoms with Crippen LogP contribution in [-0.2, 0) is 6.54 Å². The molecule has 0 atom stereocenters. The smallest absolute Gasteiger partial charge is 0.154 e. The quantitative estimate of drug-likeness (QED) is 0.798. The largest absolute Gasteiger partial charge is 0.313 e. The number of hydrogen-bond donors (Lipinski definition) is 1. The number of benzene rings is 1. The molecule has 96 valence electrons. The number of nitrogens with one attached hydrogen (secondary N) is 1. The Kier molecular flexibility index (Phi) is 5.50. The lowest BCUT2D eigenvalue weighted by Gasteiger charge is -2.10. The Bertz CT molecular complexity index is 486. The summed E-state index contributed by atoms with van der Waals surface area (Å²) in [6.45, 7) is 3.97. The van der Waals surface area contributed by atoms with Crippen LogP contribution in [0.25, 0.3) is 0 Å². The van der Waals surface area contributed by atoms with E-state index in [9.17, 15) is 0 Å². The highest BCUT2D eigenvalue weighted by atomic mass is 35.5. The van der Waals surface area contributed by atoms with Crippen LogP contribution in [0.5, 0.6) is 0 Å². The third-order valence-electron chi connectivity index (χ3n) is 2.41. The molecule has 18 heavy (non-hydrogen) atoms. The van der Waals surface area contributed by atoms with Crippen LogP contribution in [0.3, 0.4) is 0 Å². The molecule has 0 saturated carbocycles. The lowest BCUT2D eigenvalue weighted by atomic mass is 10.2. The van der Waals surface area contributed by atoms with Gasteiger partial charge in [0.05, 0.1) is 0 Å². The Morgan fingerprint density at radius 3 is 3.06 bits per heavy atom. The normalized spacial score (nSPS) is 10.8. The van der Waals surface area contributed by atoms with E-state index in [1.54, 1.807) is 23.1 Å². The van der Waals surface area contributed by atoms with Crippen molar-refractivity contribution in [3.63, 3.8) is 0 Å². The molecule has 2 rings (SSSR count). The van der Waals surface area contributed by atoms with Crippen molar-refractivity contribution >= 4 is 34.7 Å². The molecule has 1 N–H and O–H groups in total. The number of aromatic nitrogens is 1. The van der Waals surface area contributed by atoms with Gasteiger partial charge in [-0.05, 0) is 30.7 Å². The summed E-state index contributed by atoms with van der Waals surface area (Å²) in [5, 5.41) is 6.20. The van der Waals surface area contributed by atoms with Crippen LogP contribution in [0.15, 0.2) is 39.0 Å². The summed E-state index contributed by atoms with van der Waals surface area (Å²) >= 11 is 9.60. The maximum Gasteiger partial charge on any atom is 0.154 e. The monoisotopic (exact) mass is 298 g/mol. The minimum absolute atomic E-state index is 0.807. The maximum atomic E-state index is 6.28. The van der Waals surface area contributed by atoms with Crippen molar-refractivity contribution in [2.45, 2.75) is 29.1 Å². The van der Waals surface area contributed by atoms with Crippen molar-refractivity contribution in [1.82, 2.24) is 10.3 Å². The van der Waals surface area contributed by atoms with E-state index in [2.05, 4.69) is 23.3 Å². The Morgan fingerprint density at radius 1 is 1.44 bits per heavy atom. The van der Waals surface area contributed by atoms with Crippen LogP contribution >= 0.6 is 34.7 Å². The average Bonchev–Trinajstić information content (AvgIpc) is 2.86. The molecule has 0 fully saturated rings. The molecule has 0 aliphatic carbocycles. The second kappa shape index (κ2) is 7.14. The van der Waals surface area contributed by atoms with E-state index < -0.39 is 0 Å². The minimum atomic E-state index is 0.807. The molecule has 1 heterocycles. The lowest BCUT2D eigenvalue weighted by Crippen LogP contribution is -2.14. The first-order chi connectivity index (χ1) is 8.81. The number of thiazole rings is 1. The topological polar surface area (TPSA) is 24.9 Å². The summed E-state index contributed by atoms with van der Waals surface area (Å²) in [4.78, 5) is 5.48. The summed E-state index contributed by atoms with van der Waals surface area (Å²) in [5.74, 6) is 0. The molecule has 0 radical (unpaired) electrons. The molecule has 0 saturated heterocycles. The molecule has 0 aliphatic heterocycles. The fourth-order valence-corrected chi connectivity index (χ4v) is 3.59. The summed E-state index contributed by atoms with van der Waals surface area (Å²) in [5.41, 5.74) is 1.16. The zero-order chi connectivity index (χ0) is 12.8. The molecular weight excluding hydrogens is 284 g/mol. The van der Waals surface area contributed by atoms with E-state index in [1.165, 1.54) is 4.90 Å². The van der Waals surface area contributed by atoms with Crippen LogP contribution in [-0.4, -0.2) is 11.5 Å². The van der Waals surface area contributed by atoms with Gasteiger partial charge in [0, 0.05) is 28.0 Å². The van der Waals surface area contributed by atoms with Gasteiger partial charge < -0.3 is 5.32 Å². The molecule has 0 bridgehead atoms. The van der Waals surface area contributed by atoms with Crippen molar-refractivity contribution in [3.8, 4) is 0 Å². The third-order valence-corrected chi connectivity index (χ3v) is 4.75. The van der Waals surface area contributed by atoms with E-state index in [0.717, 1.165) is 34.4 Å². The van der Waals surface area contributed by atoms with Gasteiger partial charge in [0.15, 0.2) is 4.34 Å². The van der Waals surface area contributed by atoms with Crippen LogP contribution in [0.4, 0.5) is 0 Å². The van der Waals surface area contributed by atoms with Gasteiger partial charge >= 0.3 is 0 Å². The van der Waals surface area contributed by atoms with Gasteiger partial charge in [-0.15, -0.1) is 11.3 Å². The van der Waals surface area contributed by atoms with Gasteiger partial charge in [-0.1, -0.05) is 36.4 Å². The summed E-state index contributed by atoms with van der Waals surface area (Å²) in [6.07, 6.45) is 2.95. The minimum Gasteiger partial charge on any atom is -0.313 e. The maximum absolute atomic E-state index is 6.28.